The third kappa shape index (κ3) is 4.85. The summed E-state index contributed by atoms with van der Waals surface area (Å²) in [7, 11) is 3.81. The van der Waals surface area contributed by atoms with Gasteiger partial charge in [-0.25, -0.2) is 4.98 Å². The van der Waals surface area contributed by atoms with Crippen LogP contribution in [0.2, 0.25) is 5.02 Å². The minimum atomic E-state index is -0.169. The van der Waals surface area contributed by atoms with E-state index in [4.69, 9.17) is 26.1 Å². The molecule has 1 saturated heterocycles. The molecule has 2 fully saturated rings. The van der Waals surface area contributed by atoms with Crippen molar-refractivity contribution in [3.8, 4) is 5.75 Å². The molecule has 1 unspecified atom stereocenters. The van der Waals surface area contributed by atoms with Crippen LogP contribution in [0.25, 0.3) is 0 Å². The SMILES string of the molecule is CCOC(=O)C1CN(c2nc(Nc3cc4c(cc3OC)CCN(C)C4)ncc2Cl)CC12CCCCC2. The zero-order chi connectivity index (χ0) is 25.3. The average Bonchev–Trinajstić information content (AvgIpc) is 3.23. The highest BCUT2D eigenvalue weighted by Gasteiger charge is 2.51. The van der Waals surface area contributed by atoms with Gasteiger partial charge in [0.1, 0.15) is 10.8 Å². The van der Waals surface area contributed by atoms with Gasteiger partial charge < -0.3 is 24.6 Å². The van der Waals surface area contributed by atoms with Crippen LogP contribution in [0.4, 0.5) is 17.5 Å². The number of esters is 1. The number of benzene rings is 1. The third-order valence-corrected chi connectivity index (χ3v) is 8.33. The summed E-state index contributed by atoms with van der Waals surface area (Å²) in [4.78, 5) is 26.7. The summed E-state index contributed by atoms with van der Waals surface area (Å²) in [6.07, 6.45) is 8.20. The van der Waals surface area contributed by atoms with Crippen molar-refractivity contribution in [2.75, 3.05) is 50.6 Å². The molecule has 0 bridgehead atoms. The topological polar surface area (TPSA) is 79.8 Å². The molecule has 0 amide bonds. The summed E-state index contributed by atoms with van der Waals surface area (Å²) in [5, 5.41) is 3.84. The largest absolute Gasteiger partial charge is 0.495 e. The zero-order valence-electron chi connectivity index (χ0n) is 21.5. The van der Waals surface area contributed by atoms with Crippen LogP contribution in [0.5, 0.6) is 5.75 Å². The van der Waals surface area contributed by atoms with E-state index < -0.39 is 0 Å². The number of carbonyl (C=O) groups excluding carboxylic acids is 1. The molecule has 2 aromatic rings. The number of nitrogens with zero attached hydrogens (tertiary/aromatic N) is 4. The highest BCUT2D eigenvalue weighted by Crippen LogP contribution is 2.49. The molecule has 1 N–H and O–H groups in total. The van der Waals surface area contributed by atoms with Gasteiger partial charge in [-0.15, -0.1) is 0 Å². The van der Waals surface area contributed by atoms with Crippen molar-refractivity contribution in [3.05, 3.63) is 34.5 Å². The first kappa shape index (κ1) is 25.1. The van der Waals surface area contributed by atoms with Gasteiger partial charge in [0.2, 0.25) is 5.95 Å². The Morgan fingerprint density at radius 3 is 2.81 bits per heavy atom. The number of methoxy groups -OCH3 is 1. The molecule has 1 spiro atoms. The van der Waals surface area contributed by atoms with Crippen molar-refractivity contribution >= 4 is 35.0 Å². The molecule has 0 radical (unpaired) electrons. The van der Waals surface area contributed by atoms with E-state index in [2.05, 4.69) is 39.3 Å². The van der Waals surface area contributed by atoms with E-state index in [0.717, 1.165) is 63.2 Å². The maximum atomic E-state index is 13.0. The molecule has 194 valence electrons. The summed E-state index contributed by atoms with van der Waals surface area (Å²) in [5.41, 5.74) is 3.33. The lowest BCUT2D eigenvalue weighted by molar-refractivity contribution is -0.151. The van der Waals surface area contributed by atoms with Crippen molar-refractivity contribution in [1.29, 1.82) is 0 Å². The first-order valence-electron chi connectivity index (χ1n) is 13.0. The minimum Gasteiger partial charge on any atom is -0.495 e. The van der Waals surface area contributed by atoms with Crippen molar-refractivity contribution in [2.45, 2.75) is 52.0 Å². The second-order valence-electron chi connectivity index (χ2n) is 10.4. The number of nitrogens with one attached hydrogen (secondary N) is 1. The summed E-state index contributed by atoms with van der Waals surface area (Å²) >= 11 is 6.62. The number of fused-ring (bicyclic) bond motifs is 1. The first-order valence-corrected chi connectivity index (χ1v) is 13.4. The van der Waals surface area contributed by atoms with Gasteiger partial charge in [0, 0.05) is 31.6 Å². The standard InChI is InChI=1S/C27H36ClN5O3/c1-4-36-25(34)20-16-33(17-27(20)9-6-5-7-10-27)24-21(28)14-29-26(31-24)30-22-12-19-15-32(2)11-8-18(19)13-23(22)35-3/h12-14,20H,4-11,15-17H2,1-3H3,(H,29,30,31). The molecular formula is C27H36ClN5O3. The zero-order valence-corrected chi connectivity index (χ0v) is 22.2. The number of hydrogen-bond acceptors (Lipinski definition) is 8. The van der Waals surface area contributed by atoms with Crippen LogP contribution in [0, 0.1) is 11.3 Å². The van der Waals surface area contributed by atoms with Crippen molar-refractivity contribution in [3.63, 3.8) is 0 Å². The fourth-order valence-corrected chi connectivity index (χ4v) is 6.43. The number of halogens is 1. The molecule has 1 atom stereocenters. The van der Waals surface area contributed by atoms with Crippen LogP contribution in [-0.4, -0.2) is 61.2 Å². The molecule has 3 heterocycles. The fraction of sp³-hybridized carbons (Fsp3) is 0.593. The second-order valence-corrected chi connectivity index (χ2v) is 10.8. The number of anilines is 3. The Labute approximate surface area is 218 Å². The molecule has 1 saturated carbocycles. The molecule has 1 aromatic heterocycles. The Morgan fingerprint density at radius 2 is 2.06 bits per heavy atom. The number of rotatable bonds is 6. The summed E-state index contributed by atoms with van der Waals surface area (Å²) < 4.78 is 11.2. The normalized spacial score (nSPS) is 21.3. The van der Waals surface area contributed by atoms with Crippen molar-refractivity contribution < 1.29 is 14.3 Å². The van der Waals surface area contributed by atoms with Crippen molar-refractivity contribution in [1.82, 2.24) is 14.9 Å². The van der Waals surface area contributed by atoms with Gasteiger partial charge in [0.25, 0.3) is 0 Å². The van der Waals surface area contributed by atoms with Crippen LogP contribution < -0.4 is 15.0 Å². The number of aromatic nitrogens is 2. The van der Waals surface area contributed by atoms with Gasteiger partial charge in [-0.3, -0.25) is 4.79 Å². The molecule has 8 nitrogen and oxygen atoms in total. The van der Waals surface area contributed by atoms with Crippen LogP contribution in [0.1, 0.15) is 50.2 Å². The molecule has 9 heteroatoms. The predicted molar refractivity (Wildman–Crippen MR) is 141 cm³/mol. The van der Waals surface area contributed by atoms with Gasteiger partial charge >= 0.3 is 5.97 Å². The maximum absolute atomic E-state index is 13.0. The lowest BCUT2D eigenvalue weighted by Crippen LogP contribution is -2.37. The van der Waals surface area contributed by atoms with E-state index in [1.807, 2.05) is 6.92 Å². The molecule has 1 aromatic carbocycles. The number of likely N-dealkylation sites (N-methyl/N-ethyl adjacent to an activating group) is 1. The maximum Gasteiger partial charge on any atom is 0.311 e. The Hall–Kier alpha value is -2.58. The average molecular weight is 514 g/mol. The molecule has 5 rings (SSSR count). The van der Waals surface area contributed by atoms with Crippen LogP contribution in [0.15, 0.2) is 18.3 Å². The Bertz CT molecular complexity index is 1120. The summed E-state index contributed by atoms with van der Waals surface area (Å²) in [6.45, 7) is 5.50. The van der Waals surface area contributed by atoms with E-state index in [0.29, 0.717) is 29.9 Å². The lowest BCUT2D eigenvalue weighted by atomic mass is 9.68. The molecule has 3 aliphatic rings. The number of ether oxygens (including phenoxy) is 2. The van der Waals surface area contributed by atoms with E-state index in [1.54, 1.807) is 13.3 Å². The Balaban J connectivity index is 1.42. The Kier molecular flexibility index (Phi) is 7.26. The second kappa shape index (κ2) is 10.4. The Morgan fingerprint density at radius 1 is 1.25 bits per heavy atom. The van der Waals surface area contributed by atoms with Gasteiger partial charge in [0.05, 0.1) is 31.5 Å². The van der Waals surface area contributed by atoms with Gasteiger partial charge in [-0.2, -0.15) is 4.98 Å². The van der Waals surface area contributed by atoms with E-state index >= 15 is 0 Å². The van der Waals surface area contributed by atoms with Crippen LogP contribution in [0.3, 0.4) is 0 Å². The molecule has 1 aliphatic carbocycles. The van der Waals surface area contributed by atoms with Gasteiger partial charge in [0.15, 0.2) is 5.82 Å². The van der Waals surface area contributed by atoms with Crippen LogP contribution >= 0.6 is 11.6 Å². The minimum absolute atomic E-state index is 0.0832. The molecule has 2 aliphatic heterocycles. The van der Waals surface area contributed by atoms with Crippen molar-refractivity contribution in [2.24, 2.45) is 11.3 Å². The fourth-order valence-electron chi connectivity index (χ4n) is 6.22. The number of hydrogen-bond donors (Lipinski definition) is 1. The van der Waals surface area contributed by atoms with E-state index in [9.17, 15) is 4.79 Å². The highest BCUT2D eigenvalue weighted by molar-refractivity contribution is 6.32. The lowest BCUT2D eigenvalue weighted by Gasteiger charge is -2.36. The predicted octanol–water partition coefficient (Wildman–Crippen LogP) is 4.82. The first-order chi connectivity index (χ1) is 17.4. The summed E-state index contributed by atoms with van der Waals surface area (Å²) in [5.74, 6) is 1.60. The van der Waals surface area contributed by atoms with E-state index in [-0.39, 0.29) is 17.3 Å². The molecular weight excluding hydrogens is 478 g/mol. The van der Waals surface area contributed by atoms with Gasteiger partial charge in [-0.05, 0) is 56.5 Å². The third-order valence-electron chi connectivity index (χ3n) is 8.06. The summed E-state index contributed by atoms with van der Waals surface area (Å²) in [6, 6.07) is 4.24. The monoisotopic (exact) mass is 513 g/mol. The highest BCUT2D eigenvalue weighted by atomic mass is 35.5. The van der Waals surface area contributed by atoms with Crippen LogP contribution in [-0.2, 0) is 22.5 Å². The van der Waals surface area contributed by atoms with Gasteiger partial charge in [-0.1, -0.05) is 30.9 Å². The van der Waals surface area contributed by atoms with E-state index in [1.165, 1.54) is 17.5 Å². The quantitative estimate of drug-likeness (QED) is 0.551. The molecule has 36 heavy (non-hydrogen) atoms. The number of carbonyl (C=O) groups is 1. The smallest absolute Gasteiger partial charge is 0.311 e.